The molecule has 1 atom stereocenters. The minimum absolute atomic E-state index is 0.0921. The van der Waals surface area contributed by atoms with Crippen molar-refractivity contribution >= 4 is 11.8 Å². The van der Waals surface area contributed by atoms with Gasteiger partial charge in [-0.2, -0.15) is 0 Å². The number of ether oxygens (including phenoxy) is 1. The molecule has 0 bridgehead atoms. The van der Waals surface area contributed by atoms with Gasteiger partial charge < -0.3 is 20.3 Å². The smallest absolute Gasteiger partial charge is 0.254 e. The highest BCUT2D eigenvalue weighted by Crippen LogP contribution is 2.27. The summed E-state index contributed by atoms with van der Waals surface area (Å²) in [6, 6.07) is 13.1. The number of halogens is 1. The highest BCUT2D eigenvalue weighted by Gasteiger charge is 2.19. The van der Waals surface area contributed by atoms with Crippen LogP contribution in [0.5, 0.6) is 5.75 Å². The van der Waals surface area contributed by atoms with Crippen LogP contribution in [0.1, 0.15) is 22.0 Å². The van der Waals surface area contributed by atoms with Gasteiger partial charge in [0.05, 0.1) is 25.3 Å². The van der Waals surface area contributed by atoms with Gasteiger partial charge >= 0.3 is 0 Å². The second-order valence-electron chi connectivity index (χ2n) is 6.19. The van der Waals surface area contributed by atoms with Gasteiger partial charge in [-0.1, -0.05) is 30.3 Å². The highest BCUT2D eigenvalue weighted by molar-refractivity contribution is 5.96. The van der Waals surface area contributed by atoms with E-state index in [9.17, 15) is 14.0 Å². The lowest BCUT2D eigenvalue weighted by molar-refractivity contribution is -0.120. The Labute approximate surface area is 158 Å². The first kappa shape index (κ1) is 20.4. The molecule has 0 aliphatic heterocycles. The lowest BCUT2D eigenvalue weighted by Crippen LogP contribution is -2.40. The van der Waals surface area contributed by atoms with Gasteiger partial charge in [-0.15, -0.1) is 0 Å². The molecule has 0 fully saturated rings. The van der Waals surface area contributed by atoms with E-state index in [4.69, 9.17) is 4.74 Å². The summed E-state index contributed by atoms with van der Waals surface area (Å²) in [5.41, 5.74) is 0.853. The molecule has 144 valence electrons. The molecule has 2 rings (SSSR count). The summed E-state index contributed by atoms with van der Waals surface area (Å²) >= 11 is 0. The molecule has 0 aliphatic rings. The number of benzene rings is 2. The maximum Gasteiger partial charge on any atom is 0.254 e. The number of likely N-dealkylation sites (N-methyl/N-ethyl adjacent to an activating group) is 1. The van der Waals surface area contributed by atoms with Crippen LogP contribution < -0.4 is 15.4 Å². The van der Waals surface area contributed by atoms with Gasteiger partial charge in [0.15, 0.2) is 0 Å². The monoisotopic (exact) mass is 373 g/mol. The molecule has 0 saturated carbocycles. The minimum atomic E-state index is -0.628. The van der Waals surface area contributed by atoms with Crippen molar-refractivity contribution in [1.82, 2.24) is 15.5 Å². The van der Waals surface area contributed by atoms with Gasteiger partial charge in [0.1, 0.15) is 11.6 Å². The van der Waals surface area contributed by atoms with E-state index in [1.165, 1.54) is 18.2 Å². The Kier molecular flexibility index (Phi) is 7.31. The molecule has 0 aromatic heterocycles. The van der Waals surface area contributed by atoms with E-state index in [-0.39, 0.29) is 24.1 Å². The molecule has 0 aliphatic carbocycles. The summed E-state index contributed by atoms with van der Waals surface area (Å²) in [5, 5.41) is 5.22. The number of nitrogens with one attached hydrogen (secondary N) is 2. The Bertz CT molecular complexity index is 796. The fraction of sp³-hybridized carbons (Fsp3) is 0.300. The summed E-state index contributed by atoms with van der Waals surface area (Å²) in [4.78, 5) is 26.0. The lowest BCUT2D eigenvalue weighted by Gasteiger charge is -2.26. The molecule has 27 heavy (non-hydrogen) atoms. The molecule has 2 amide bonds. The van der Waals surface area contributed by atoms with Gasteiger partial charge in [0.25, 0.3) is 5.91 Å². The summed E-state index contributed by atoms with van der Waals surface area (Å²) in [6.45, 7) is 0.0982. The first-order valence-electron chi connectivity index (χ1n) is 8.52. The van der Waals surface area contributed by atoms with Crippen molar-refractivity contribution in [1.29, 1.82) is 0 Å². The second kappa shape index (κ2) is 9.68. The van der Waals surface area contributed by atoms with Gasteiger partial charge in [-0.05, 0) is 32.3 Å². The van der Waals surface area contributed by atoms with Crippen LogP contribution in [-0.4, -0.2) is 51.0 Å². The molecule has 0 radical (unpaired) electrons. The van der Waals surface area contributed by atoms with Crippen molar-refractivity contribution in [3.8, 4) is 5.75 Å². The van der Waals surface area contributed by atoms with Gasteiger partial charge in [0, 0.05) is 12.1 Å². The fourth-order valence-electron chi connectivity index (χ4n) is 2.69. The number of carbonyl (C=O) groups is 2. The molecule has 6 nitrogen and oxygen atoms in total. The Morgan fingerprint density at radius 3 is 2.41 bits per heavy atom. The van der Waals surface area contributed by atoms with Crippen LogP contribution >= 0.6 is 0 Å². The fourth-order valence-corrected chi connectivity index (χ4v) is 2.69. The first-order chi connectivity index (χ1) is 12.9. The number of para-hydroxylation sites is 1. The van der Waals surface area contributed by atoms with E-state index in [0.29, 0.717) is 6.54 Å². The molecule has 2 N–H and O–H groups in total. The van der Waals surface area contributed by atoms with Crippen molar-refractivity contribution in [3.63, 3.8) is 0 Å². The molecule has 0 heterocycles. The third kappa shape index (κ3) is 5.52. The number of methoxy groups -OCH3 is 1. The van der Waals surface area contributed by atoms with Gasteiger partial charge in [0.2, 0.25) is 5.91 Å². The van der Waals surface area contributed by atoms with Crippen LogP contribution in [-0.2, 0) is 4.79 Å². The predicted molar refractivity (Wildman–Crippen MR) is 101 cm³/mol. The third-order valence-electron chi connectivity index (χ3n) is 4.14. The minimum Gasteiger partial charge on any atom is -0.496 e. The molecule has 0 saturated heterocycles. The predicted octanol–water partition coefficient (Wildman–Crippen LogP) is 1.98. The van der Waals surface area contributed by atoms with Crippen molar-refractivity contribution in [2.24, 2.45) is 0 Å². The maximum atomic E-state index is 13.6. The van der Waals surface area contributed by atoms with E-state index < -0.39 is 11.7 Å². The number of hydrogen-bond donors (Lipinski definition) is 2. The number of rotatable bonds is 8. The Balaban J connectivity index is 1.93. The van der Waals surface area contributed by atoms with E-state index in [2.05, 4.69) is 10.6 Å². The maximum absolute atomic E-state index is 13.6. The van der Waals surface area contributed by atoms with Crippen LogP contribution in [0.25, 0.3) is 0 Å². The van der Waals surface area contributed by atoms with Gasteiger partial charge in [-0.3, -0.25) is 9.59 Å². The molecule has 0 spiro atoms. The SMILES string of the molecule is COc1ccccc1C(CNC(=O)CNC(=O)c1ccccc1F)N(C)C. The lowest BCUT2D eigenvalue weighted by atomic mass is 10.0. The van der Waals surface area contributed by atoms with Crippen molar-refractivity contribution < 1.29 is 18.7 Å². The summed E-state index contributed by atoms with van der Waals surface area (Å²) < 4.78 is 19.0. The Morgan fingerprint density at radius 2 is 1.74 bits per heavy atom. The average Bonchev–Trinajstić information content (AvgIpc) is 2.66. The van der Waals surface area contributed by atoms with E-state index in [1.807, 2.05) is 43.3 Å². The van der Waals surface area contributed by atoms with Crippen LogP contribution in [0.3, 0.4) is 0 Å². The summed E-state index contributed by atoms with van der Waals surface area (Å²) in [5.74, 6) is -0.879. The van der Waals surface area contributed by atoms with Crippen molar-refractivity contribution in [2.75, 3.05) is 34.3 Å². The van der Waals surface area contributed by atoms with Crippen molar-refractivity contribution in [3.05, 3.63) is 65.5 Å². The van der Waals surface area contributed by atoms with Crippen LogP contribution in [0.2, 0.25) is 0 Å². The van der Waals surface area contributed by atoms with Crippen LogP contribution in [0.15, 0.2) is 48.5 Å². The Hall–Kier alpha value is -2.93. The average molecular weight is 373 g/mol. The van der Waals surface area contributed by atoms with Crippen molar-refractivity contribution in [2.45, 2.75) is 6.04 Å². The van der Waals surface area contributed by atoms with E-state index >= 15 is 0 Å². The van der Waals surface area contributed by atoms with E-state index in [1.54, 1.807) is 13.2 Å². The first-order valence-corrected chi connectivity index (χ1v) is 8.52. The molecule has 2 aromatic rings. The zero-order valence-electron chi connectivity index (χ0n) is 15.7. The van der Waals surface area contributed by atoms with Crippen LogP contribution in [0, 0.1) is 5.82 Å². The van der Waals surface area contributed by atoms with Crippen LogP contribution in [0.4, 0.5) is 4.39 Å². The summed E-state index contributed by atoms with van der Waals surface area (Å²) in [6.07, 6.45) is 0. The topological polar surface area (TPSA) is 70.7 Å². The highest BCUT2D eigenvalue weighted by atomic mass is 19.1. The zero-order chi connectivity index (χ0) is 19.8. The standard InChI is InChI=1S/C20H24FN3O3/c1-24(2)17(15-9-5-7-11-18(15)27-3)12-22-19(25)13-23-20(26)14-8-4-6-10-16(14)21/h4-11,17H,12-13H2,1-3H3,(H,22,25)(H,23,26). The quantitative estimate of drug-likeness (QED) is 0.742. The molecular weight excluding hydrogens is 349 g/mol. The van der Waals surface area contributed by atoms with E-state index in [0.717, 1.165) is 11.3 Å². The van der Waals surface area contributed by atoms with Gasteiger partial charge in [-0.25, -0.2) is 4.39 Å². The number of nitrogens with zero attached hydrogens (tertiary/aromatic N) is 1. The third-order valence-corrected chi connectivity index (χ3v) is 4.14. The number of hydrogen-bond acceptors (Lipinski definition) is 4. The Morgan fingerprint density at radius 1 is 1.07 bits per heavy atom. The molecular formula is C20H24FN3O3. The molecule has 2 aromatic carbocycles. The summed E-state index contributed by atoms with van der Waals surface area (Å²) in [7, 11) is 5.41. The zero-order valence-corrected chi connectivity index (χ0v) is 15.7. The molecule has 7 heteroatoms. The number of carbonyl (C=O) groups excluding carboxylic acids is 2. The number of amides is 2. The second-order valence-corrected chi connectivity index (χ2v) is 6.19. The largest absolute Gasteiger partial charge is 0.496 e. The molecule has 1 unspecified atom stereocenters. The normalized spacial score (nSPS) is 11.7.